The molecule has 1 unspecified atom stereocenters. The lowest BCUT2D eigenvalue weighted by molar-refractivity contribution is -0.155. The van der Waals surface area contributed by atoms with Gasteiger partial charge in [0, 0.05) is 5.75 Å². The maximum absolute atomic E-state index is 12.5. The summed E-state index contributed by atoms with van der Waals surface area (Å²) in [6.07, 6.45) is 0. The second kappa shape index (κ2) is 10.9. The highest BCUT2D eigenvalue weighted by atomic mass is 35.5. The molecule has 0 saturated carbocycles. The van der Waals surface area contributed by atoms with Crippen molar-refractivity contribution in [2.75, 3.05) is 5.75 Å². The normalized spacial score (nSPS) is 12.5. The number of hydrogen-bond donors (Lipinski definition) is 1. The van der Waals surface area contributed by atoms with Crippen LogP contribution in [0.4, 0.5) is 0 Å². The highest BCUT2D eigenvalue weighted by molar-refractivity contribution is 8.00. The van der Waals surface area contributed by atoms with Crippen molar-refractivity contribution in [2.24, 2.45) is 5.73 Å². The minimum atomic E-state index is -0.718. The molecule has 0 bridgehead atoms. The van der Waals surface area contributed by atoms with Crippen LogP contribution in [0.15, 0.2) is 91.0 Å². The zero-order chi connectivity index (χ0) is 21.6. The molecule has 164 valence electrons. The van der Waals surface area contributed by atoms with Gasteiger partial charge < -0.3 is 10.5 Å². The highest BCUT2D eigenvalue weighted by Crippen LogP contribution is 2.48. The van der Waals surface area contributed by atoms with E-state index in [4.69, 9.17) is 10.5 Å². The minimum Gasteiger partial charge on any atom is -0.459 e. The van der Waals surface area contributed by atoms with Crippen LogP contribution >= 0.6 is 24.2 Å². The van der Waals surface area contributed by atoms with Gasteiger partial charge >= 0.3 is 5.97 Å². The smallest absolute Gasteiger partial charge is 0.324 e. The fourth-order valence-corrected chi connectivity index (χ4v) is 4.90. The second-order valence-electron chi connectivity index (χ2n) is 8.23. The maximum Gasteiger partial charge on any atom is 0.324 e. The van der Waals surface area contributed by atoms with Gasteiger partial charge in [-0.3, -0.25) is 4.79 Å². The lowest BCUT2D eigenvalue weighted by atomic mass is 9.84. The number of hydrogen-bond acceptors (Lipinski definition) is 4. The van der Waals surface area contributed by atoms with Crippen LogP contribution in [0.5, 0.6) is 0 Å². The summed E-state index contributed by atoms with van der Waals surface area (Å²) in [7, 11) is 0. The Morgan fingerprint density at radius 3 is 1.48 bits per heavy atom. The summed E-state index contributed by atoms with van der Waals surface area (Å²) in [4.78, 5) is 12.5. The number of esters is 1. The Morgan fingerprint density at radius 1 is 0.806 bits per heavy atom. The van der Waals surface area contributed by atoms with E-state index in [1.165, 1.54) is 0 Å². The first-order chi connectivity index (χ1) is 14.3. The van der Waals surface area contributed by atoms with Crippen LogP contribution < -0.4 is 5.73 Å². The number of ether oxygens (including phenoxy) is 1. The largest absolute Gasteiger partial charge is 0.459 e. The highest BCUT2D eigenvalue weighted by Gasteiger charge is 2.38. The fraction of sp³-hybridized carbons (Fsp3) is 0.269. The minimum absolute atomic E-state index is 0. The van der Waals surface area contributed by atoms with Crippen molar-refractivity contribution in [2.45, 2.75) is 37.2 Å². The molecule has 0 spiro atoms. The zero-order valence-electron chi connectivity index (χ0n) is 18.2. The van der Waals surface area contributed by atoms with E-state index in [1.54, 1.807) is 11.8 Å². The van der Waals surface area contributed by atoms with Crippen molar-refractivity contribution >= 4 is 30.1 Å². The molecular weight excluding hydrogens is 426 g/mol. The van der Waals surface area contributed by atoms with Crippen LogP contribution in [0.2, 0.25) is 0 Å². The van der Waals surface area contributed by atoms with Crippen LogP contribution in [0, 0.1) is 0 Å². The van der Waals surface area contributed by atoms with Gasteiger partial charge in [-0.15, -0.1) is 24.2 Å². The van der Waals surface area contributed by atoms with Gasteiger partial charge in [0.2, 0.25) is 0 Å². The van der Waals surface area contributed by atoms with Gasteiger partial charge in [0.1, 0.15) is 11.6 Å². The molecule has 0 amide bonds. The molecule has 31 heavy (non-hydrogen) atoms. The first-order valence-corrected chi connectivity index (χ1v) is 11.1. The molecule has 0 fully saturated rings. The Labute approximate surface area is 195 Å². The third kappa shape index (κ3) is 6.13. The number of nitrogens with two attached hydrogens (primary N) is 1. The van der Waals surface area contributed by atoms with Gasteiger partial charge in [-0.2, -0.15) is 0 Å². The summed E-state index contributed by atoms with van der Waals surface area (Å²) in [5.41, 5.74) is 9.14. The lowest BCUT2D eigenvalue weighted by Crippen LogP contribution is -2.40. The van der Waals surface area contributed by atoms with E-state index in [0.717, 1.165) is 16.7 Å². The van der Waals surface area contributed by atoms with Gasteiger partial charge in [0.15, 0.2) is 0 Å². The summed E-state index contributed by atoms with van der Waals surface area (Å²) in [5, 5.41) is 0. The fourth-order valence-electron chi connectivity index (χ4n) is 3.43. The molecule has 0 saturated heterocycles. The van der Waals surface area contributed by atoms with Crippen molar-refractivity contribution < 1.29 is 9.53 Å². The molecule has 0 aliphatic rings. The standard InChI is InChI=1S/C26H29NO2S.ClH/c1-25(2,3)29-24(28)23(27)19-30-26(20-13-7-4-8-14-20,21-15-9-5-10-16-21)22-17-11-6-12-18-22;/h4-18,23H,19,27H2,1-3H3;1H. The lowest BCUT2D eigenvalue weighted by Gasteiger charge is -2.36. The molecule has 2 N–H and O–H groups in total. The Bertz CT molecular complexity index is 847. The monoisotopic (exact) mass is 455 g/mol. The number of carbonyl (C=O) groups is 1. The van der Waals surface area contributed by atoms with Crippen LogP contribution in [0.1, 0.15) is 37.5 Å². The predicted octanol–water partition coefficient (Wildman–Crippen LogP) is 5.80. The average Bonchev–Trinajstić information content (AvgIpc) is 2.75. The molecule has 0 aliphatic heterocycles. The number of benzene rings is 3. The number of carbonyl (C=O) groups excluding carboxylic acids is 1. The molecule has 0 aliphatic carbocycles. The molecule has 3 aromatic rings. The third-order valence-corrected chi connectivity index (χ3v) is 6.40. The van der Waals surface area contributed by atoms with E-state index in [-0.39, 0.29) is 18.4 Å². The number of rotatable bonds is 7. The first kappa shape index (κ1) is 25.0. The molecular formula is C26H30ClNO2S. The SMILES string of the molecule is CC(C)(C)OC(=O)C(N)CSC(c1ccccc1)(c1ccccc1)c1ccccc1.Cl. The Balaban J connectivity index is 0.00000341. The maximum atomic E-state index is 12.5. The van der Waals surface area contributed by atoms with E-state index < -0.39 is 16.4 Å². The molecule has 1 atom stereocenters. The summed E-state index contributed by atoms with van der Waals surface area (Å²) in [5.74, 6) is 0.0474. The van der Waals surface area contributed by atoms with Crippen molar-refractivity contribution in [3.05, 3.63) is 108 Å². The Morgan fingerprint density at radius 2 is 1.16 bits per heavy atom. The van der Waals surface area contributed by atoms with Crippen molar-refractivity contribution in [1.29, 1.82) is 0 Å². The van der Waals surface area contributed by atoms with Crippen molar-refractivity contribution in [1.82, 2.24) is 0 Å². The quantitative estimate of drug-likeness (QED) is 0.361. The predicted molar refractivity (Wildman–Crippen MR) is 133 cm³/mol. The van der Waals surface area contributed by atoms with E-state index in [9.17, 15) is 4.79 Å². The molecule has 0 aromatic heterocycles. The van der Waals surface area contributed by atoms with E-state index in [2.05, 4.69) is 36.4 Å². The van der Waals surface area contributed by atoms with Crippen molar-refractivity contribution in [3.63, 3.8) is 0 Å². The van der Waals surface area contributed by atoms with Crippen LogP contribution in [0.25, 0.3) is 0 Å². The summed E-state index contributed by atoms with van der Waals surface area (Å²) in [6.45, 7) is 5.56. The van der Waals surface area contributed by atoms with Gasteiger partial charge in [0.25, 0.3) is 0 Å². The number of halogens is 1. The topological polar surface area (TPSA) is 52.3 Å². The Kier molecular flexibility index (Phi) is 8.75. The molecule has 5 heteroatoms. The van der Waals surface area contributed by atoms with E-state index in [0.29, 0.717) is 5.75 Å². The summed E-state index contributed by atoms with van der Waals surface area (Å²) >= 11 is 1.66. The molecule has 3 nitrogen and oxygen atoms in total. The molecule has 0 radical (unpaired) electrons. The van der Waals surface area contributed by atoms with Crippen LogP contribution in [0.3, 0.4) is 0 Å². The van der Waals surface area contributed by atoms with E-state index >= 15 is 0 Å². The summed E-state index contributed by atoms with van der Waals surface area (Å²) < 4.78 is 5.01. The van der Waals surface area contributed by atoms with Crippen molar-refractivity contribution in [3.8, 4) is 0 Å². The first-order valence-electron chi connectivity index (χ1n) is 10.1. The van der Waals surface area contributed by atoms with Gasteiger partial charge in [-0.25, -0.2) is 0 Å². The molecule has 3 rings (SSSR count). The number of thioether (sulfide) groups is 1. The van der Waals surface area contributed by atoms with Gasteiger partial charge in [0.05, 0.1) is 4.75 Å². The van der Waals surface area contributed by atoms with Gasteiger partial charge in [-0.1, -0.05) is 91.0 Å². The summed E-state index contributed by atoms with van der Waals surface area (Å²) in [6, 6.07) is 30.4. The average molecular weight is 456 g/mol. The zero-order valence-corrected chi connectivity index (χ0v) is 19.8. The molecule has 3 aromatic carbocycles. The Hall–Kier alpha value is -2.27. The van der Waals surface area contributed by atoms with E-state index in [1.807, 2.05) is 75.4 Å². The second-order valence-corrected chi connectivity index (χ2v) is 9.46. The molecule has 0 heterocycles. The van der Waals surface area contributed by atoms with Crippen LogP contribution in [-0.2, 0) is 14.3 Å². The van der Waals surface area contributed by atoms with Crippen LogP contribution in [-0.4, -0.2) is 23.4 Å². The van der Waals surface area contributed by atoms with Gasteiger partial charge in [-0.05, 0) is 37.5 Å². The third-order valence-electron chi connectivity index (χ3n) is 4.73.